The quantitative estimate of drug-likeness (QED) is 0.731. The van der Waals surface area contributed by atoms with E-state index in [-0.39, 0.29) is 0 Å². The van der Waals surface area contributed by atoms with Crippen molar-refractivity contribution in [1.29, 1.82) is 0 Å². The Morgan fingerprint density at radius 1 is 1.00 bits per heavy atom. The molecule has 0 bridgehead atoms. The maximum atomic E-state index is 5.74. The number of hydrogen-bond donors (Lipinski definition) is 1. The summed E-state index contributed by atoms with van der Waals surface area (Å²) in [6.45, 7) is 1.29. The molecule has 2 fully saturated rings. The number of benzene rings is 1. The van der Waals surface area contributed by atoms with Crippen LogP contribution >= 0.6 is 0 Å². The molecule has 2 aliphatic heterocycles. The monoisotopic (exact) mass is 216 g/mol. The second-order valence-corrected chi connectivity index (χ2v) is 5.15. The van der Waals surface area contributed by atoms with Gasteiger partial charge in [0.15, 0.2) is 0 Å². The third kappa shape index (κ3) is 1.71. The largest absolute Gasteiger partial charge is 0.399 e. The molecule has 1 aromatic rings. The Morgan fingerprint density at radius 3 is 2.62 bits per heavy atom. The summed E-state index contributed by atoms with van der Waals surface area (Å²) in [5.74, 6) is 0. The Labute approximate surface area is 97.4 Å². The molecule has 16 heavy (non-hydrogen) atoms. The van der Waals surface area contributed by atoms with E-state index in [4.69, 9.17) is 5.73 Å². The predicted octanol–water partition coefficient (Wildman–Crippen LogP) is 2.96. The minimum absolute atomic E-state index is 0.658. The summed E-state index contributed by atoms with van der Waals surface area (Å²) in [7, 11) is 0. The molecule has 2 N–H and O–H groups in total. The summed E-state index contributed by atoms with van der Waals surface area (Å²) in [6, 6.07) is 10.00. The van der Waals surface area contributed by atoms with Crippen molar-refractivity contribution in [2.75, 3.05) is 12.3 Å². The molecular formula is C14H20N2. The first-order chi connectivity index (χ1) is 7.84. The lowest BCUT2D eigenvalue weighted by molar-refractivity contribution is 0.150. The molecule has 0 amide bonds. The van der Waals surface area contributed by atoms with Crippen molar-refractivity contribution >= 4 is 5.69 Å². The van der Waals surface area contributed by atoms with Crippen LogP contribution in [0, 0.1) is 0 Å². The molecule has 3 rings (SSSR count). The van der Waals surface area contributed by atoms with Gasteiger partial charge in [-0.3, -0.25) is 4.90 Å². The second-order valence-electron chi connectivity index (χ2n) is 5.15. The zero-order valence-electron chi connectivity index (χ0n) is 9.73. The van der Waals surface area contributed by atoms with E-state index in [1.54, 1.807) is 0 Å². The average Bonchev–Trinajstić information content (AvgIpc) is 2.74. The van der Waals surface area contributed by atoms with Gasteiger partial charge in [-0.25, -0.2) is 0 Å². The number of anilines is 1. The van der Waals surface area contributed by atoms with Gasteiger partial charge in [0.2, 0.25) is 0 Å². The molecule has 86 valence electrons. The number of nitrogens with two attached hydrogens (primary N) is 1. The number of hydrogen-bond acceptors (Lipinski definition) is 2. The lowest BCUT2D eigenvalue weighted by atomic mass is 10.0. The van der Waals surface area contributed by atoms with E-state index < -0.39 is 0 Å². The Balaban J connectivity index is 1.82. The van der Waals surface area contributed by atoms with Gasteiger partial charge >= 0.3 is 0 Å². The number of piperidine rings is 1. The number of fused-ring (bicyclic) bond motifs is 1. The molecule has 1 aromatic carbocycles. The molecule has 0 radical (unpaired) electrons. The lowest BCUT2D eigenvalue weighted by Crippen LogP contribution is -2.35. The fourth-order valence-electron chi connectivity index (χ4n) is 3.34. The van der Waals surface area contributed by atoms with Crippen LogP contribution in [-0.2, 0) is 0 Å². The SMILES string of the molecule is Nc1ccc([C@H]2CC[C@H]3CCCCN32)cc1. The summed E-state index contributed by atoms with van der Waals surface area (Å²) >= 11 is 0. The highest BCUT2D eigenvalue weighted by Crippen LogP contribution is 2.40. The minimum Gasteiger partial charge on any atom is -0.399 e. The summed E-state index contributed by atoms with van der Waals surface area (Å²) in [5, 5.41) is 0. The molecule has 2 aliphatic rings. The predicted molar refractivity (Wildman–Crippen MR) is 67.2 cm³/mol. The maximum absolute atomic E-state index is 5.74. The van der Waals surface area contributed by atoms with Gasteiger partial charge in [-0.15, -0.1) is 0 Å². The van der Waals surface area contributed by atoms with Crippen molar-refractivity contribution in [3.8, 4) is 0 Å². The van der Waals surface area contributed by atoms with Crippen LogP contribution in [0.4, 0.5) is 5.69 Å². The van der Waals surface area contributed by atoms with Crippen molar-refractivity contribution < 1.29 is 0 Å². The van der Waals surface area contributed by atoms with Crippen LogP contribution in [0.15, 0.2) is 24.3 Å². The molecular weight excluding hydrogens is 196 g/mol. The smallest absolute Gasteiger partial charge is 0.0351 e. The van der Waals surface area contributed by atoms with E-state index in [0.29, 0.717) is 6.04 Å². The highest BCUT2D eigenvalue weighted by molar-refractivity contribution is 5.40. The van der Waals surface area contributed by atoms with Crippen LogP contribution in [0.5, 0.6) is 0 Å². The first-order valence-corrected chi connectivity index (χ1v) is 6.46. The fraction of sp³-hybridized carbons (Fsp3) is 0.571. The number of rotatable bonds is 1. The van der Waals surface area contributed by atoms with Gasteiger partial charge < -0.3 is 5.73 Å². The van der Waals surface area contributed by atoms with E-state index in [0.717, 1.165) is 11.7 Å². The highest BCUT2D eigenvalue weighted by atomic mass is 15.2. The highest BCUT2D eigenvalue weighted by Gasteiger charge is 2.35. The molecule has 2 atom stereocenters. The zero-order valence-corrected chi connectivity index (χ0v) is 9.73. The van der Waals surface area contributed by atoms with Gasteiger partial charge in [-0.2, -0.15) is 0 Å². The lowest BCUT2D eigenvalue weighted by Gasteiger charge is -2.34. The van der Waals surface area contributed by atoms with E-state index in [9.17, 15) is 0 Å². The summed E-state index contributed by atoms with van der Waals surface area (Å²) in [4.78, 5) is 2.72. The van der Waals surface area contributed by atoms with Crippen LogP contribution in [0.25, 0.3) is 0 Å². The molecule has 2 heterocycles. The maximum Gasteiger partial charge on any atom is 0.0351 e. The van der Waals surface area contributed by atoms with Crippen LogP contribution in [0.3, 0.4) is 0 Å². The molecule has 0 unspecified atom stereocenters. The molecule has 0 saturated carbocycles. The first-order valence-electron chi connectivity index (χ1n) is 6.46. The molecule has 2 heteroatoms. The Bertz CT molecular complexity index is 358. The van der Waals surface area contributed by atoms with Crippen molar-refractivity contribution in [3.63, 3.8) is 0 Å². The first kappa shape index (κ1) is 10.2. The molecule has 2 saturated heterocycles. The van der Waals surface area contributed by atoms with Gasteiger partial charge in [0, 0.05) is 17.8 Å². The second kappa shape index (κ2) is 4.10. The van der Waals surface area contributed by atoms with Crippen LogP contribution < -0.4 is 5.73 Å². The topological polar surface area (TPSA) is 29.3 Å². The Kier molecular flexibility index (Phi) is 2.60. The van der Waals surface area contributed by atoms with E-state index in [1.165, 1.54) is 44.2 Å². The van der Waals surface area contributed by atoms with Gasteiger partial charge in [0.05, 0.1) is 0 Å². The van der Waals surface area contributed by atoms with Crippen LogP contribution in [-0.4, -0.2) is 17.5 Å². The van der Waals surface area contributed by atoms with E-state index in [1.807, 2.05) is 12.1 Å². The number of nitrogens with zero attached hydrogens (tertiary/aromatic N) is 1. The molecule has 0 aliphatic carbocycles. The van der Waals surface area contributed by atoms with Crippen molar-refractivity contribution in [1.82, 2.24) is 4.90 Å². The Morgan fingerprint density at radius 2 is 1.81 bits per heavy atom. The summed E-state index contributed by atoms with van der Waals surface area (Å²) in [5.41, 5.74) is 8.07. The minimum atomic E-state index is 0.658. The van der Waals surface area contributed by atoms with Gasteiger partial charge in [0.1, 0.15) is 0 Å². The van der Waals surface area contributed by atoms with Gasteiger partial charge in [0.25, 0.3) is 0 Å². The number of nitrogen functional groups attached to an aromatic ring is 1. The molecule has 2 nitrogen and oxygen atoms in total. The summed E-state index contributed by atoms with van der Waals surface area (Å²) in [6.07, 6.45) is 6.92. The van der Waals surface area contributed by atoms with Crippen LogP contribution in [0.2, 0.25) is 0 Å². The fourth-order valence-corrected chi connectivity index (χ4v) is 3.34. The standard InChI is InChI=1S/C14H20N2/c15-12-6-4-11(5-7-12)14-9-8-13-3-1-2-10-16(13)14/h4-7,13-14H,1-3,8-10,15H2/t13-,14-/m1/s1. The normalized spacial score (nSPS) is 30.2. The van der Waals surface area contributed by atoms with Crippen LogP contribution in [0.1, 0.15) is 43.7 Å². The van der Waals surface area contributed by atoms with Crippen molar-refractivity contribution in [2.24, 2.45) is 0 Å². The van der Waals surface area contributed by atoms with Gasteiger partial charge in [-0.05, 0) is 49.9 Å². The van der Waals surface area contributed by atoms with Crippen molar-refractivity contribution in [2.45, 2.75) is 44.2 Å². The zero-order chi connectivity index (χ0) is 11.0. The van der Waals surface area contributed by atoms with E-state index in [2.05, 4.69) is 17.0 Å². The molecule has 0 spiro atoms. The van der Waals surface area contributed by atoms with Gasteiger partial charge in [-0.1, -0.05) is 18.6 Å². The third-order valence-corrected chi connectivity index (χ3v) is 4.17. The average molecular weight is 216 g/mol. The summed E-state index contributed by atoms with van der Waals surface area (Å²) < 4.78 is 0. The van der Waals surface area contributed by atoms with Crippen molar-refractivity contribution in [3.05, 3.63) is 29.8 Å². The van der Waals surface area contributed by atoms with E-state index >= 15 is 0 Å². The third-order valence-electron chi connectivity index (χ3n) is 4.17. The molecule has 0 aromatic heterocycles. The Hall–Kier alpha value is -1.02.